The van der Waals surface area contributed by atoms with Crippen molar-refractivity contribution >= 4 is 27.7 Å². The third-order valence-electron chi connectivity index (χ3n) is 3.00. The summed E-state index contributed by atoms with van der Waals surface area (Å²) < 4.78 is 0. The topological polar surface area (TPSA) is 45.8 Å². The summed E-state index contributed by atoms with van der Waals surface area (Å²) in [4.78, 5) is 19.1. The number of aryl methyl sites for hydroxylation is 1. The second kappa shape index (κ2) is 3.42. The summed E-state index contributed by atoms with van der Waals surface area (Å²) in [6, 6.07) is 9.72. The highest BCUT2D eigenvalue weighted by Crippen LogP contribution is 2.25. The van der Waals surface area contributed by atoms with E-state index in [1.54, 1.807) is 6.92 Å². The fourth-order valence-corrected chi connectivity index (χ4v) is 2.09. The number of hydrogen-bond acceptors (Lipinski definition) is 2. The summed E-state index contributed by atoms with van der Waals surface area (Å²) in [5.41, 5.74) is 3.61. The number of benzene rings is 1. The maximum atomic E-state index is 11.4. The van der Waals surface area contributed by atoms with Crippen LogP contribution in [0.1, 0.15) is 23.0 Å². The third kappa shape index (κ3) is 1.51. The SMILES string of the molecule is CC(=O)c1ccc2[nH]c3nc(C)ccc3c2c1. The molecule has 0 fully saturated rings. The van der Waals surface area contributed by atoms with Crippen molar-refractivity contribution in [1.82, 2.24) is 9.97 Å². The number of aromatic nitrogens is 2. The zero-order valence-corrected chi connectivity index (χ0v) is 9.74. The van der Waals surface area contributed by atoms with Crippen molar-refractivity contribution in [2.24, 2.45) is 0 Å². The number of nitrogens with one attached hydrogen (secondary N) is 1. The molecule has 3 heteroatoms. The van der Waals surface area contributed by atoms with Gasteiger partial charge in [-0.1, -0.05) is 0 Å². The van der Waals surface area contributed by atoms with E-state index < -0.39 is 0 Å². The summed E-state index contributed by atoms with van der Waals surface area (Å²) >= 11 is 0. The molecule has 3 nitrogen and oxygen atoms in total. The van der Waals surface area contributed by atoms with Crippen LogP contribution in [0.25, 0.3) is 21.9 Å². The Morgan fingerprint density at radius 2 is 2.00 bits per heavy atom. The molecule has 0 aliphatic rings. The molecule has 0 aliphatic heterocycles. The second-order valence-corrected chi connectivity index (χ2v) is 4.29. The Bertz CT molecular complexity index is 740. The van der Waals surface area contributed by atoms with Gasteiger partial charge >= 0.3 is 0 Å². The minimum Gasteiger partial charge on any atom is -0.339 e. The van der Waals surface area contributed by atoms with Gasteiger partial charge in [-0.3, -0.25) is 4.79 Å². The monoisotopic (exact) mass is 224 g/mol. The summed E-state index contributed by atoms with van der Waals surface area (Å²) in [7, 11) is 0. The van der Waals surface area contributed by atoms with E-state index in [1.807, 2.05) is 37.3 Å². The number of carbonyl (C=O) groups is 1. The first-order chi connectivity index (χ1) is 8.15. The number of nitrogens with zero attached hydrogens (tertiary/aromatic N) is 1. The van der Waals surface area contributed by atoms with Crippen LogP contribution in [0.4, 0.5) is 0 Å². The van der Waals surface area contributed by atoms with E-state index in [1.165, 1.54) is 0 Å². The predicted molar refractivity (Wildman–Crippen MR) is 68.3 cm³/mol. The Kier molecular flexibility index (Phi) is 2.01. The minimum absolute atomic E-state index is 0.0846. The van der Waals surface area contributed by atoms with Gasteiger partial charge in [0.15, 0.2) is 5.78 Å². The maximum Gasteiger partial charge on any atom is 0.159 e. The van der Waals surface area contributed by atoms with E-state index in [-0.39, 0.29) is 5.78 Å². The summed E-state index contributed by atoms with van der Waals surface area (Å²) in [6.45, 7) is 3.55. The molecule has 0 aliphatic carbocycles. The molecule has 2 aromatic heterocycles. The normalized spacial score (nSPS) is 11.2. The van der Waals surface area contributed by atoms with Crippen molar-refractivity contribution in [2.75, 3.05) is 0 Å². The Labute approximate surface area is 98.5 Å². The molecule has 0 amide bonds. The number of rotatable bonds is 1. The number of Topliss-reactive ketones (excluding diaryl/α,β-unsaturated/α-hetero) is 1. The van der Waals surface area contributed by atoms with Crippen molar-refractivity contribution < 1.29 is 4.79 Å². The smallest absolute Gasteiger partial charge is 0.159 e. The second-order valence-electron chi connectivity index (χ2n) is 4.29. The van der Waals surface area contributed by atoms with Gasteiger partial charge in [-0.2, -0.15) is 0 Å². The first-order valence-corrected chi connectivity index (χ1v) is 5.55. The molecule has 0 saturated carbocycles. The number of aromatic amines is 1. The van der Waals surface area contributed by atoms with Crippen molar-refractivity contribution in [2.45, 2.75) is 13.8 Å². The number of carbonyl (C=O) groups excluding carboxylic acids is 1. The number of fused-ring (bicyclic) bond motifs is 3. The van der Waals surface area contributed by atoms with Crippen LogP contribution < -0.4 is 0 Å². The number of ketones is 1. The van der Waals surface area contributed by atoms with Crippen LogP contribution in [-0.2, 0) is 0 Å². The molecule has 84 valence electrons. The van der Waals surface area contributed by atoms with E-state index in [0.717, 1.165) is 33.2 Å². The Morgan fingerprint density at radius 3 is 2.76 bits per heavy atom. The molecule has 0 atom stereocenters. The summed E-state index contributed by atoms with van der Waals surface area (Å²) in [6.07, 6.45) is 0. The molecule has 17 heavy (non-hydrogen) atoms. The highest BCUT2D eigenvalue weighted by molar-refractivity contribution is 6.08. The van der Waals surface area contributed by atoms with Crippen LogP contribution >= 0.6 is 0 Å². The molecule has 0 radical (unpaired) electrons. The number of hydrogen-bond donors (Lipinski definition) is 1. The highest BCUT2D eigenvalue weighted by Gasteiger charge is 2.07. The van der Waals surface area contributed by atoms with E-state index in [2.05, 4.69) is 9.97 Å². The van der Waals surface area contributed by atoms with Gasteiger partial charge in [0.2, 0.25) is 0 Å². The van der Waals surface area contributed by atoms with Gasteiger partial charge in [0.25, 0.3) is 0 Å². The molecule has 0 bridgehead atoms. The molecular weight excluding hydrogens is 212 g/mol. The fourth-order valence-electron chi connectivity index (χ4n) is 2.09. The van der Waals surface area contributed by atoms with Gasteiger partial charge in [-0.25, -0.2) is 4.98 Å². The molecule has 1 N–H and O–H groups in total. The average Bonchev–Trinajstić information content (AvgIpc) is 2.64. The lowest BCUT2D eigenvalue weighted by atomic mass is 10.1. The third-order valence-corrected chi connectivity index (χ3v) is 3.00. The Morgan fingerprint density at radius 1 is 1.18 bits per heavy atom. The lowest BCUT2D eigenvalue weighted by Crippen LogP contribution is -1.90. The highest BCUT2D eigenvalue weighted by atomic mass is 16.1. The standard InChI is InChI=1S/C14H12N2O/c1-8-3-5-11-12-7-10(9(2)17)4-6-13(12)16-14(11)15-8/h3-7H,1-2H3,(H,15,16). The zero-order valence-electron chi connectivity index (χ0n) is 9.74. The van der Waals surface area contributed by atoms with E-state index in [9.17, 15) is 4.79 Å². The summed E-state index contributed by atoms with van der Waals surface area (Å²) in [5, 5.41) is 2.12. The van der Waals surface area contributed by atoms with Gasteiger partial charge in [-0.15, -0.1) is 0 Å². The lowest BCUT2D eigenvalue weighted by Gasteiger charge is -1.96. The molecular formula is C14H12N2O. The van der Waals surface area contributed by atoms with Crippen LogP contribution in [0.3, 0.4) is 0 Å². The van der Waals surface area contributed by atoms with Gasteiger partial charge < -0.3 is 4.98 Å². The minimum atomic E-state index is 0.0846. The van der Waals surface area contributed by atoms with Gasteiger partial charge in [0.1, 0.15) is 5.65 Å². The first kappa shape index (κ1) is 10.0. The van der Waals surface area contributed by atoms with Crippen molar-refractivity contribution in [3.8, 4) is 0 Å². The molecule has 0 spiro atoms. The van der Waals surface area contributed by atoms with Crippen LogP contribution in [0.2, 0.25) is 0 Å². The van der Waals surface area contributed by atoms with Gasteiger partial charge in [0.05, 0.1) is 0 Å². The summed E-state index contributed by atoms with van der Waals surface area (Å²) in [5.74, 6) is 0.0846. The van der Waals surface area contributed by atoms with Crippen LogP contribution in [-0.4, -0.2) is 15.8 Å². The van der Waals surface area contributed by atoms with Gasteiger partial charge in [-0.05, 0) is 44.2 Å². The number of H-pyrrole nitrogens is 1. The van der Waals surface area contributed by atoms with Crippen LogP contribution in [0, 0.1) is 6.92 Å². The van der Waals surface area contributed by atoms with Crippen molar-refractivity contribution in [1.29, 1.82) is 0 Å². The molecule has 2 heterocycles. The molecule has 0 saturated heterocycles. The van der Waals surface area contributed by atoms with E-state index in [4.69, 9.17) is 0 Å². The average molecular weight is 224 g/mol. The van der Waals surface area contributed by atoms with E-state index >= 15 is 0 Å². The fraction of sp³-hybridized carbons (Fsp3) is 0.143. The first-order valence-electron chi connectivity index (χ1n) is 5.55. The largest absolute Gasteiger partial charge is 0.339 e. The molecule has 3 rings (SSSR count). The Hall–Kier alpha value is -2.16. The lowest BCUT2D eigenvalue weighted by molar-refractivity contribution is 0.101. The van der Waals surface area contributed by atoms with Gasteiger partial charge in [0, 0.05) is 27.5 Å². The zero-order chi connectivity index (χ0) is 12.0. The van der Waals surface area contributed by atoms with Crippen molar-refractivity contribution in [3.05, 3.63) is 41.6 Å². The van der Waals surface area contributed by atoms with Crippen LogP contribution in [0.5, 0.6) is 0 Å². The van der Waals surface area contributed by atoms with Crippen molar-refractivity contribution in [3.63, 3.8) is 0 Å². The molecule has 1 aromatic carbocycles. The molecule has 0 unspecified atom stereocenters. The maximum absolute atomic E-state index is 11.4. The predicted octanol–water partition coefficient (Wildman–Crippen LogP) is 3.23. The van der Waals surface area contributed by atoms with Crippen LogP contribution in [0.15, 0.2) is 30.3 Å². The number of pyridine rings is 1. The quantitative estimate of drug-likeness (QED) is 0.645. The van der Waals surface area contributed by atoms with E-state index in [0.29, 0.717) is 0 Å². The molecule has 3 aromatic rings. The Balaban J connectivity index is 2.41.